The number of aromatic nitrogens is 2. The van der Waals surface area contributed by atoms with Gasteiger partial charge in [0.1, 0.15) is 5.75 Å². The molecule has 2 rings (SSSR count). The Bertz CT molecular complexity index is 775. The molecule has 0 amide bonds. The van der Waals surface area contributed by atoms with E-state index in [0.29, 0.717) is 12.5 Å². The van der Waals surface area contributed by atoms with Gasteiger partial charge in [0.25, 0.3) is 0 Å². The quantitative estimate of drug-likeness (QED) is 0.181. The first-order chi connectivity index (χ1) is 16.1. The van der Waals surface area contributed by atoms with Crippen molar-refractivity contribution < 1.29 is 14.3 Å². The standard InChI is InChI=1S/C28H42N2O3/c1-4-6-7-8-9-10-11-12-13-14-19-32-25-17-15-24(16-18-25)26-20-30-27(21-29-26)28(31)33-22-23(3)5-2/h15-18,20-21,23H,4-14,19,22H2,1-3H3/t23-/m0/s1. The molecule has 0 fully saturated rings. The van der Waals surface area contributed by atoms with Crippen LogP contribution in [-0.2, 0) is 4.74 Å². The molecule has 5 nitrogen and oxygen atoms in total. The highest BCUT2D eigenvalue weighted by Crippen LogP contribution is 2.21. The van der Waals surface area contributed by atoms with Gasteiger partial charge in [0.15, 0.2) is 5.69 Å². The zero-order chi connectivity index (χ0) is 23.7. The third-order valence-electron chi connectivity index (χ3n) is 5.97. The van der Waals surface area contributed by atoms with Crippen molar-refractivity contribution in [3.8, 4) is 17.0 Å². The van der Waals surface area contributed by atoms with Gasteiger partial charge < -0.3 is 9.47 Å². The molecule has 1 aromatic heterocycles. The van der Waals surface area contributed by atoms with Crippen molar-refractivity contribution in [1.82, 2.24) is 9.97 Å². The Balaban J connectivity index is 1.64. The highest BCUT2D eigenvalue weighted by Gasteiger charge is 2.12. The molecule has 2 aromatic rings. The lowest BCUT2D eigenvalue weighted by molar-refractivity contribution is 0.0439. The molecule has 5 heteroatoms. The summed E-state index contributed by atoms with van der Waals surface area (Å²) in [4.78, 5) is 20.7. The molecule has 0 bridgehead atoms. The number of esters is 1. The van der Waals surface area contributed by atoms with E-state index >= 15 is 0 Å². The molecular weight excluding hydrogens is 412 g/mol. The highest BCUT2D eigenvalue weighted by molar-refractivity contribution is 5.87. The molecule has 1 aromatic carbocycles. The number of rotatable bonds is 17. The molecule has 0 radical (unpaired) electrons. The summed E-state index contributed by atoms with van der Waals surface area (Å²) in [6.45, 7) is 7.54. The van der Waals surface area contributed by atoms with E-state index in [9.17, 15) is 4.79 Å². The Morgan fingerprint density at radius 1 is 0.848 bits per heavy atom. The molecule has 0 aliphatic rings. The van der Waals surface area contributed by atoms with Gasteiger partial charge in [-0.1, -0.05) is 85.0 Å². The first kappa shape index (κ1) is 26.8. The van der Waals surface area contributed by atoms with E-state index < -0.39 is 5.97 Å². The normalized spacial score (nSPS) is 11.8. The van der Waals surface area contributed by atoms with Crippen molar-refractivity contribution in [3.63, 3.8) is 0 Å². The van der Waals surface area contributed by atoms with Crippen LogP contribution < -0.4 is 4.74 Å². The molecule has 0 aliphatic heterocycles. The molecule has 0 spiro atoms. The van der Waals surface area contributed by atoms with Crippen molar-refractivity contribution >= 4 is 5.97 Å². The minimum atomic E-state index is -0.426. The maximum Gasteiger partial charge on any atom is 0.358 e. The summed E-state index contributed by atoms with van der Waals surface area (Å²) in [5.74, 6) is 0.782. The number of benzene rings is 1. The maximum atomic E-state index is 12.1. The average Bonchev–Trinajstić information content (AvgIpc) is 2.86. The average molecular weight is 455 g/mol. The summed E-state index contributed by atoms with van der Waals surface area (Å²) in [6, 6.07) is 7.86. The van der Waals surface area contributed by atoms with Gasteiger partial charge >= 0.3 is 5.97 Å². The summed E-state index contributed by atoms with van der Waals surface area (Å²) in [5, 5.41) is 0. The Morgan fingerprint density at radius 3 is 2.06 bits per heavy atom. The van der Waals surface area contributed by atoms with E-state index in [1.165, 1.54) is 64.0 Å². The van der Waals surface area contributed by atoms with E-state index in [2.05, 4.69) is 23.8 Å². The lowest BCUT2D eigenvalue weighted by Gasteiger charge is -2.09. The lowest BCUT2D eigenvalue weighted by atomic mass is 10.1. The van der Waals surface area contributed by atoms with Crippen molar-refractivity contribution in [2.24, 2.45) is 5.92 Å². The zero-order valence-electron chi connectivity index (χ0n) is 20.9. The molecule has 0 unspecified atom stereocenters. The van der Waals surface area contributed by atoms with E-state index in [1.54, 1.807) is 6.20 Å². The largest absolute Gasteiger partial charge is 0.494 e. The summed E-state index contributed by atoms with van der Waals surface area (Å²) in [6.07, 6.45) is 17.3. The van der Waals surface area contributed by atoms with Gasteiger partial charge in [-0.25, -0.2) is 9.78 Å². The number of carbonyl (C=O) groups is 1. The fourth-order valence-electron chi connectivity index (χ4n) is 3.49. The van der Waals surface area contributed by atoms with Gasteiger partial charge in [-0.15, -0.1) is 0 Å². The Kier molecular flexibility index (Phi) is 13.2. The van der Waals surface area contributed by atoms with Crippen LogP contribution in [0.4, 0.5) is 0 Å². The SMILES string of the molecule is CCCCCCCCCCCCOc1ccc(-c2cnc(C(=O)OC[C@@H](C)CC)cn2)cc1. The first-order valence-corrected chi connectivity index (χ1v) is 12.9. The van der Waals surface area contributed by atoms with Crippen LogP contribution in [0.25, 0.3) is 11.3 Å². The number of hydrogen-bond donors (Lipinski definition) is 0. The second-order valence-electron chi connectivity index (χ2n) is 8.95. The van der Waals surface area contributed by atoms with E-state index in [1.807, 2.05) is 31.2 Å². The fourth-order valence-corrected chi connectivity index (χ4v) is 3.49. The van der Waals surface area contributed by atoms with Crippen molar-refractivity contribution in [2.45, 2.75) is 91.4 Å². The molecule has 182 valence electrons. The van der Waals surface area contributed by atoms with Crippen molar-refractivity contribution in [3.05, 3.63) is 42.4 Å². The van der Waals surface area contributed by atoms with Gasteiger partial charge in [0.2, 0.25) is 0 Å². The molecule has 1 heterocycles. The third kappa shape index (κ3) is 10.8. The fraction of sp³-hybridized carbons (Fsp3) is 0.607. The highest BCUT2D eigenvalue weighted by atomic mass is 16.5. The predicted molar refractivity (Wildman–Crippen MR) is 135 cm³/mol. The minimum absolute atomic E-state index is 0.235. The zero-order valence-corrected chi connectivity index (χ0v) is 20.9. The Hall–Kier alpha value is -2.43. The molecule has 1 atom stereocenters. The molecule has 0 aliphatic carbocycles. The molecule has 0 saturated heterocycles. The topological polar surface area (TPSA) is 61.3 Å². The van der Waals surface area contributed by atoms with Crippen LogP contribution in [0.2, 0.25) is 0 Å². The van der Waals surface area contributed by atoms with E-state index in [4.69, 9.17) is 9.47 Å². The van der Waals surface area contributed by atoms with Crippen molar-refractivity contribution in [1.29, 1.82) is 0 Å². The first-order valence-electron chi connectivity index (χ1n) is 12.9. The van der Waals surface area contributed by atoms with Crippen LogP contribution in [0.15, 0.2) is 36.7 Å². The summed E-state index contributed by atoms with van der Waals surface area (Å²) in [5.41, 5.74) is 1.89. The van der Waals surface area contributed by atoms with Gasteiger partial charge in [0.05, 0.1) is 31.3 Å². The van der Waals surface area contributed by atoms with Crippen LogP contribution in [0.1, 0.15) is 102 Å². The van der Waals surface area contributed by atoms with Crippen LogP contribution in [-0.4, -0.2) is 29.2 Å². The number of hydrogen-bond acceptors (Lipinski definition) is 5. The third-order valence-corrected chi connectivity index (χ3v) is 5.97. The summed E-state index contributed by atoms with van der Waals surface area (Å²) >= 11 is 0. The Labute approximate surface area is 200 Å². The van der Waals surface area contributed by atoms with Crippen molar-refractivity contribution in [2.75, 3.05) is 13.2 Å². The number of carbonyl (C=O) groups excluding carboxylic acids is 1. The van der Waals surface area contributed by atoms with Gasteiger partial charge in [-0.2, -0.15) is 0 Å². The molecular formula is C28H42N2O3. The van der Waals surface area contributed by atoms with Crippen LogP contribution in [0, 0.1) is 5.92 Å². The number of nitrogens with zero attached hydrogens (tertiary/aromatic N) is 2. The minimum Gasteiger partial charge on any atom is -0.494 e. The molecule has 0 N–H and O–H groups in total. The Morgan fingerprint density at radius 2 is 1.48 bits per heavy atom. The summed E-state index contributed by atoms with van der Waals surface area (Å²) in [7, 11) is 0. The van der Waals surface area contributed by atoms with E-state index in [0.717, 1.165) is 36.5 Å². The van der Waals surface area contributed by atoms with Gasteiger partial charge in [-0.05, 0) is 36.6 Å². The van der Waals surface area contributed by atoms with Crippen LogP contribution in [0.3, 0.4) is 0 Å². The van der Waals surface area contributed by atoms with Gasteiger partial charge in [-0.3, -0.25) is 4.98 Å². The second kappa shape index (κ2) is 16.2. The number of unbranched alkanes of at least 4 members (excludes halogenated alkanes) is 9. The predicted octanol–water partition coefficient (Wildman–Crippen LogP) is 7.65. The monoisotopic (exact) mass is 454 g/mol. The molecule has 33 heavy (non-hydrogen) atoms. The number of ether oxygens (including phenoxy) is 2. The smallest absolute Gasteiger partial charge is 0.358 e. The van der Waals surface area contributed by atoms with Crippen LogP contribution >= 0.6 is 0 Å². The van der Waals surface area contributed by atoms with E-state index in [-0.39, 0.29) is 5.69 Å². The van der Waals surface area contributed by atoms with Gasteiger partial charge in [0, 0.05) is 5.56 Å². The van der Waals surface area contributed by atoms with Crippen LogP contribution in [0.5, 0.6) is 5.75 Å². The molecule has 0 saturated carbocycles. The second-order valence-corrected chi connectivity index (χ2v) is 8.95. The summed E-state index contributed by atoms with van der Waals surface area (Å²) < 4.78 is 11.2. The maximum absolute atomic E-state index is 12.1. The lowest BCUT2D eigenvalue weighted by Crippen LogP contribution is -2.13.